The molecule has 1 aromatic carbocycles. The number of rotatable bonds is 2. The van der Waals surface area contributed by atoms with E-state index in [1.54, 1.807) is 24.3 Å². The Bertz CT molecular complexity index is 438. The number of benzene rings is 1. The summed E-state index contributed by atoms with van der Waals surface area (Å²) in [6, 6.07) is 6.77. The van der Waals surface area contributed by atoms with Crippen LogP contribution >= 0.6 is 0 Å². The summed E-state index contributed by atoms with van der Waals surface area (Å²) in [7, 11) is -3.15. The third kappa shape index (κ3) is 2.33. The van der Waals surface area contributed by atoms with E-state index in [0.717, 1.165) is 0 Å². The third-order valence-corrected chi connectivity index (χ3v) is 2.86. The van der Waals surface area contributed by atoms with E-state index in [4.69, 9.17) is 6.42 Å². The second-order valence-corrected chi connectivity index (χ2v) is 4.74. The lowest BCUT2D eigenvalue weighted by atomic mass is 10.2. The maximum atomic E-state index is 11.3. The molecule has 2 nitrogen and oxygen atoms in total. The Labute approximate surface area is 78.5 Å². The van der Waals surface area contributed by atoms with Gasteiger partial charge in [0.2, 0.25) is 0 Å². The lowest BCUT2D eigenvalue weighted by molar-refractivity contribution is 0.601. The first-order valence-corrected chi connectivity index (χ1v) is 5.66. The normalized spacial score (nSPS) is 10.8. The van der Waals surface area contributed by atoms with Gasteiger partial charge in [-0.05, 0) is 11.6 Å². The van der Waals surface area contributed by atoms with Gasteiger partial charge in [-0.1, -0.05) is 18.2 Å². The van der Waals surface area contributed by atoms with Gasteiger partial charge < -0.3 is 0 Å². The predicted molar refractivity (Wildman–Crippen MR) is 52.1 cm³/mol. The molecule has 1 aromatic rings. The van der Waals surface area contributed by atoms with E-state index in [1.165, 1.54) is 6.26 Å². The fourth-order valence-electron chi connectivity index (χ4n) is 1.12. The lowest BCUT2D eigenvalue weighted by Crippen LogP contribution is -2.01. The number of terminal acetylenes is 1. The second-order valence-electron chi connectivity index (χ2n) is 2.76. The molecule has 13 heavy (non-hydrogen) atoms. The van der Waals surface area contributed by atoms with Crippen molar-refractivity contribution in [3.8, 4) is 12.3 Å². The number of hydrogen-bond acceptors (Lipinski definition) is 2. The Kier molecular flexibility index (Phi) is 2.74. The maximum absolute atomic E-state index is 11.3. The zero-order valence-electron chi connectivity index (χ0n) is 7.32. The molecule has 0 N–H and O–H groups in total. The molecule has 0 aliphatic carbocycles. The summed E-state index contributed by atoms with van der Waals surface area (Å²) >= 11 is 0. The predicted octanol–water partition coefficient (Wildman–Crippen LogP) is 1.27. The van der Waals surface area contributed by atoms with E-state index in [9.17, 15) is 8.42 Å². The molecule has 0 heterocycles. The second kappa shape index (κ2) is 3.63. The first kappa shape index (κ1) is 9.82. The van der Waals surface area contributed by atoms with Crippen LogP contribution in [-0.2, 0) is 16.3 Å². The van der Waals surface area contributed by atoms with Gasteiger partial charge in [-0.2, -0.15) is 0 Å². The standard InChI is InChI=1S/C10H10O2S/c1-3-6-9-7-4-5-8-10(9)13(2,11)12/h1,4-5,7-8H,6H2,2H3. The van der Waals surface area contributed by atoms with Crippen molar-refractivity contribution in [1.29, 1.82) is 0 Å². The molecule has 0 fully saturated rings. The Morgan fingerprint density at radius 2 is 2.00 bits per heavy atom. The summed E-state index contributed by atoms with van der Waals surface area (Å²) in [5.41, 5.74) is 0.688. The number of sulfone groups is 1. The van der Waals surface area contributed by atoms with Crippen molar-refractivity contribution in [3.63, 3.8) is 0 Å². The number of hydrogen-bond donors (Lipinski definition) is 0. The molecule has 0 saturated heterocycles. The van der Waals surface area contributed by atoms with Crippen molar-refractivity contribution >= 4 is 9.84 Å². The Morgan fingerprint density at radius 3 is 2.54 bits per heavy atom. The summed E-state index contributed by atoms with van der Waals surface area (Å²) in [6.07, 6.45) is 6.66. The monoisotopic (exact) mass is 194 g/mol. The summed E-state index contributed by atoms with van der Waals surface area (Å²) in [5, 5.41) is 0. The minimum Gasteiger partial charge on any atom is -0.224 e. The van der Waals surface area contributed by atoms with Crippen LogP contribution in [0.3, 0.4) is 0 Å². The zero-order valence-corrected chi connectivity index (χ0v) is 8.14. The molecular weight excluding hydrogens is 184 g/mol. The van der Waals surface area contributed by atoms with Crippen LogP contribution in [0.15, 0.2) is 29.2 Å². The average Bonchev–Trinajstić information content (AvgIpc) is 2.04. The van der Waals surface area contributed by atoms with Crippen LogP contribution in [0.1, 0.15) is 5.56 Å². The average molecular weight is 194 g/mol. The first-order chi connectivity index (χ1) is 6.05. The highest BCUT2D eigenvalue weighted by atomic mass is 32.2. The zero-order chi connectivity index (χ0) is 9.90. The molecule has 0 unspecified atom stereocenters. The van der Waals surface area contributed by atoms with Crippen LogP contribution in [0.25, 0.3) is 0 Å². The fourth-order valence-corrected chi connectivity index (χ4v) is 2.06. The van der Waals surface area contributed by atoms with Gasteiger partial charge in [-0.15, -0.1) is 12.3 Å². The molecule has 0 atom stereocenters. The minimum atomic E-state index is -3.15. The Morgan fingerprint density at radius 1 is 1.38 bits per heavy atom. The first-order valence-electron chi connectivity index (χ1n) is 3.77. The van der Waals surface area contributed by atoms with Crippen molar-refractivity contribution in [1.82, 2.24) is 0 Å². The van der Waals surface area contributed by atoms with Crippen molar-refractivity contribution in [2.75, 3.05) is 6.26 Å². The molecule has 0 aliphatic heterocycles. The van der Waals surface area contributed by atoms with E-state index in [-0.39, 0.29) is 0 Å². The Hall–Kier alpha value is -1.27. The maximum Gasteiger partial charge on any atom is 0.175 e. The summed E-state index contributed by atoms with van der Waals surface area (Å²) in [5.74, 6) is 2.43. The molecule has 1 rings (SSSR count). The van der Waals surface area contributed by atoms with E-state index in [1.807, 2.05) is 0 Å². The van der Waals surface area contributed by atoms with Crippen molar-refractivity contribution in [3.05, 3.63) is 29.8 Å². The van der Waals surface area contributed by atoms with Gasteiger partial charge in [0, 0.05) is 12.7 Å². The van der Waals surface area contributed by atoms with Crippen LogP contribution in [0.5, 0.6) is 0 Å². The van der Waals surface area contributed by atoms with E-state index < -0.39 is 9.84 Å². The SMILES string of the molecule is C#CCc1ccccc1S(C)(=O)=O. The highest BCUT2D eigenvalue weighted by molar-refractivity contribution is 7.90. The molecule has 0 saturated carbocycles. The van der Waals surface area contributed by atoms with Crippen LogP contribution < -0.4 is 0 Å². The van der Waals surface area contributed by atoms with Gasteiger partial charge in [0.25, 0.3) is 0 Å². The fraction of sp³-hybridized carbons (Fsp3) is 0.200. The smallest absolute Gasteiger partial charge is 0.175 e. The highest BCUT2D eigenvalue weighted by Crippen LogP contribution is 2.15. The lowest BCUT2D eigenvalue weighted by Gasteiger charge is -2.03. The van der Waals surface area contributed by atoms with E-state index >= 15 is 0 Å². The van der Waals surface area contributed by atoms with Crippen LogP contribution in [-0.4, -0.2) is 14.7 Å². The van der Waals surface area contributed by atoms with Gasteiger partial charge in [-0.3, -0.25) is 0 Å². The van der Waals surface area contributed by atoms with E-state index in [2.05, 4.69) is 5.92 Å². The van der Waals surface area contributed by atoms with Gasteiger partial charge in [-0.25, -0.2) is 8.42 Å². The molecule has 0 radical (unpaired) electrons. The summed E-state index contributed by atoms with van der Waals surface area (Å²) < 4.78 is 22.5. The quantitative estimate of drug-likeness (QED) is 0.664. The van der Waals surface area contributed by atoms with Crippen LogP contribution in [0.2, 0.25) is 0 Å². The third-order valence-electron chi connectivity index (χ3n) is 1.66. The van der Waals surface area contributed by atoms with Crippen molar-refractivity contribution < 1.29 is 8.42 Å². The highest BCUT2D eigenvalue weighted by Gasteiger charge is 2.10. The molecular formula is C10H10O2S. The van der Waals surface area contributed by atoms with Crippen LogP contribution in [0, 0.1) is 12.3 Å². The van der Waals surface area contributed by atoms with Gasteiger partial charge in [0.1, 0.15) is 0 Å². The van der Waals surface area contributed by atoms with Gasteiger partial charge >= 0.3 is 0 Å². The van der Waals surface area contributed by atoms with Crippen molar-refractivity contribution in [2.45, 2.75) is 11.3 Å². The van der Waals surface area contributed by atoms with E-state index in [0.29, 0.717) is 16.9 Å². The minimum absolute atomic E-state index is 0.327. The molecule has 0 bridgehead atoms. The molecule has 0 aliphatic rings. The van der Waals surface area contributed by atoms with Gasteiger partial charge in [0.15, 0.2) is 9.84 Å². The Balaban J connectivity index is 3.30. The summed E-state index contributed by atoms with van der Waals surface area (Å²) in [6.45, 7) is 0. The molecule has 3 heteroatoms. The largest absolute Gasteiger partial charge is 0.224 e. The topological polar surface area (TPSA) is 34.1 Å². The van der Waals surface area contributed by atoms with Crippen LogP contribution in [0.4, 0.5) is 0 Å². The molecule has 0 aromatic heterocycles. The van der Waals surface area contributed by atoms with Gasteiger partial charge in [0.05, 0.1) is 4.90 Å². The van der Waals surface area contributed by atoms with Crippen molar-refractivity contribution in [2.24, 2.45) is 0 Å². The molecule has 0 amide bonds. The summed E-state index contributed by atoms with van der Waals surface area (Å²) in [4.78, 5) is 0.327. The molecule has 0 spiro atoms. The molecule has 68 valence electrons.